The highest BCUT2D eigenvalue weighted by Gasteiger charge is 2.21. The van der Waals surface area contributed by atoms with Crippen LogP contribution in [0.15, 0.2) is 22.3 Å². The minimum Gasteiger partial charge on any atom is -0.352 e. The van der Waals surface area contributed by atoms with Gasteiger partial charge in [0, 0.05) is 22.4 Å². The van der Waals surface area contributed by atoms with Crippen LogP contribution in [0.4, 0.5) is 0 Å². The minimum absolute atomic E-state index is 0.0621. The molecule has 7 heteroatoms. The Morgan fingerprint density at radius 3 is 2.61 bits per heavy atom. The van der Waals surface area contributed by atoms with Crippen molar-refractivity contribution in [1.29, 1.82) is 0 Å². The van der Waals surface area contributed by atoms with Crippen molar-refractivity contribution < 1.29 is 9.59 Å². The number of thiazole rings is 1. The van der Waals surface area contributed by atoms with E-state index in [1.54, 1.807) is 11.3 Å². The molecular formula is C21H26N2O3S2. The molecule has 1 N–H and O–H groups in total. The monoisotopic (exact) mass is 418 g/mol. The van der Waals surface area contributed by atoms with E-state index < -0.39 is 5.41 Å². The molecule has 0 saturated heterocycles. The Balaban J connectivity index is 1.99. The number of thiophene rings is 1. The number of Topliss-reactive ketones (excluding diaryl/α,β-unsaturated/α-hetero) is 1. The first-order chi connectivity index (χ1) is 13.2. The fraction of sp³-hybridized carbons (Fsp3) is 0.476. The van der Waals surface area contributed by atoms with Crippen LogP contribution in [-0.4, -0.2) is 22.3 Å². The summed E-state index contributed by atoms with van der Waals surface area (Å²) in [6, 6.07) is 4.06. The fourth-order valence-electron chi connectivity index (χ4n) is 3.11. The maximum atomic E-state index is 13.0. The molecule has 0 aromatic carbocycles. The molecule has 3 rings (SSSR count). The normalized spacial score (nSPS) is 16.7. The number of amides is 1. The lowest BCUT2D eigenvalue weighted by Crippen LogP contribution is -2.41. The summed E-state index contributed by atoms with van der Waals surface area (Å²) in [5.74, 6) is -0.242. The van der Waals surface area contributed by atoms with Crippen molar-refractivity contribution >= 4 is 46.5 Å². The van der Waals surface area contributed by atoms with Gasteiger partial charge in [-0.15, -0.1) is 22.7 Å². The number of rotatable bonds is 5. The number of hydrogen-bond donors (Lipinski definition) is 1. The Bertz CT molecular complexity index is 1020. The van der Waals surface area contributed by atoms with Gasteiger partial charge in [0.2, 0.25) is 5.91 Å². The average molecular weight is 419 g/mol. The summed E-state index contributed by atoms with van der Waals surface area (Å²) < 4.78 is 2.48. The van der Waals surface area contributed by atoms with Gasteiger partial charge in [-0.05, 0) is 30.4 Å². The van der Waals surface area contributed by atoms with Crippen LogP contribution < -0.4 is 20.1 Å². The molecule has 2 aromatic rings. The Hall–Kier alpha value is -1.99. The molecule has 1 aliphatic rings. The van der Waals surface area contributed by atoms with Crippen LogP contribution in [-0.2, 0) is 16.1 Å². The zero-order chi connectivity index (χ0) is 20.3. The summed E-state index contributed by atoms with van der Waals surface area (Å²) >= 11 is 2.80. The third-order valence-corrected chi connectivity index (χ3v) is 6.65. The molecule has 0 unspecified atom stereocenters. The van der Waals surface area contributed by atoms with Crippen molar-refractivity contribution in [3.63, 3.8) is 0 Å². The molecule has 1 saturated carbocycles. The van der Waals surface area contributed by atoms with Crippen LogP contribution in [0, 0.1) is 5.41 Å². The summed E-state index contributed by atoms with van der Waals surface area (Å²) in [5.41, 5.74) is -0.776. The van der Waals surface area contributed by atoms with Gasteiger partial charge < -0.3 is 5.32 Å². The van der Waals surface area contributed by atoms with Gasteiger partial charge in [0.05, 0.1) is 4.53 Å². The molecule has 0 aliphatic heterocycles. The van der Waals surface area contributed by atoms with Crippen LogP contribution in [0.25, 0.3) is 12.2 Å². The quantitative estimate of drug-likeness (QED) is 0.810. The number of aromatic nitrogens is 1. The Morgan fingerprint density at radius 1 is 1.29 bits per heavy atom. The first-order valence-corrected chi connectivity index (χ1v) is 11.2. The lowest BCUT2D eigenvalue weighted by Gasteiger charge is -2.13. The van der Waals surface area contributed by atoms with E-state index in [1.807, 2.05) is 44.4 Å². The van der Waals surface area contributed by atoms with E-state index in [0.717, 1.165) is 30.6 Å². The summed E-state index contributed by atoms with van der Waals surface area (Å²) in [5, 5.41) is 4.97. The smallest absolute Gasteiger partial charge is 0.269 e. The second kappa shape index (κ2) is 8.57. The molecule has 5 nitrogen and oxygen atoms in total. The van der Waals surface area contributed by atoms with Crippen molar-refractivity contribution in [3.05, 3.63) is 41.9 Å². The lowest BCUT2D eigenvalue weighted by atomic mass is 9.91. The number of carbonyl (C=O) groups is 2. The number of ketones is 1. The second-order valence-electron chi connectivity index (χ2n) is 8.16. The molecule has 0 spiro atoms. The maximum absolute atomic E-state index is 13.0. The largest absolute Gasteiger partial charge is 0.352 e. The van der Waals surface area contributed by atoms with Crippen LogP contribution in [0.2, 0.25) is 0 Å². The highest BCUT2D eigenvalue weighted by atomic mass is 32.1. The summed E-state index contributed by atoms with van der Waals surface area (Å²) in [7, 11) is 0. The van der Waals surface area contributed by atoms with Crippen molar-refractivity contribution in [2.24, 2.45) is 5.41 Å². The van der Waals surface area contributed by atoms with E-state index in [0.29, 0.717) is 9.20 Å². The zero-order valence-electron chi connectivity index (χ0n) is 16.5. The number of carbonyl (C=O) groups excluding carboxylic acids is 2. The van der Waals surface area contributed by atoms with Crippen LogP contribution in [0.3, 0.4) is 0 Å². The topological polar surface area (TPSA) is 68.2 Å². The predicted octanol–water partition coefficient (Wildman–Crippen LogP) is 2.25. The first kappa shape index (κ1) is 20.7. The minimum atomic E-state index is -0.547. The van der Waals surface area contributed by atoms with Crippen molar-refractivity contribution in [1.82, 2.24) is 9.88 Å². The molecule has 0 atom stereocenters. The fourth-order valence-corrected chi connectivity index (χ4v) is 4.88. The second-order valence-corrected chi connectivity index (χ2v) is 10.2. The highest BCUT2D eigenvalue weighted by molar-refractivity contribution is 7.11. The molecule has 0 bridgehead atoms. The van der Waals surface area contributed by atoms with Gasteiger partial charge in [0.1, 0.15) is 11.2 Å². The van der Waals surface area contributed by atoms with Crippen LogP contribution >= 0.6 is 22.7 Å². The van der Waals surface area contributed by atoms with E-state index in [4.69, 9.17) is 0 Å². The summed E-state index contributed by atoms with van der Waals surface area (Å²) in [4.78, 5) is 38.9. The van der Waals surface area contributed by atoms with Crippen molar-refractivity contribution in [2.75, 3.05) is 0 Å². The predicted molar refractivity (Wildman–Crippen MR) is 115 cm³/mol. The Kier molecular flexibility index (Phi) is 6.35. The molecule has 1 aliphatic carbocycles. The van der Waals surface area contributed by atoms with Gasteiger partial charge in [-0.25, -0.2) is 0 Å². The van der Waals surface area contributed by atoms with E-state index in [-0.39, 0.29) is 29.8 Å². The molecule has 0 radical (unpaired) electrons. The van der Waals surface area contributed by atoms with Crippen LogP contribution in [0.5, 0.6) is 0 Å². The van der Waals surface area contributed by atoms with Crippen LogP contribution in [0.1, 0.15) is 51.3 Å². The summed E-state index contributed by atoms with van der Waals surface area (Å²) in [6.45, 7) is 5.46. The Morgan fingerprint density at radius 2 is 2.00 bits per heavy atom. The zero-order valence-corrected chi connectivity index (χ0v) is 18.1. The first-order valence-electron chi connectivity index (χ1n) is 9.54. The van der Waals surface area contributed by atoms with E-state index in [1.165, 1.54) is 22.0 Å². The molecule has 2 heterocycles. The maximum Gasteiger partial charge on any atom is 0.269 e. The van der Waals surface area contributed by atoms with Gasteiger partial charge in [0.15, 0.2) is 5.78 Å². The van der Waals surface area contributed by atoms with Gasteiger partial charge in [-0.1, -0.05) is 39.7 Å². The molecule has 1 fully saturated rings. The standard InChI is InChI=1S/C21H26N2O3S2/c1-21(2,3)17(24)12-19-23(13-18(25)22-14-7-4-5-8-14)20(26)16(28-19)11-15-9-6-10-27-15/h6,9-12,14H,4-5,7-8,13H2,1-3H3,(H,22,25)/b16-11-,19-12-. The summed E-state index contributed by atoms with van der Waals surface area (Å²) in [6.07, 6.45) is 7.56. The average Bonchev–Trinajstić information content (AvgIpc) is 3.34. The van der Waals surface area contributed by atoms with Gasteiger partial charge in [-0.2, -0.15) is 0 Å². The number of nitrogens with one attached hydrogen (secondary N) is 1. The van der Waals surface area contributed by atoms with Gasteiger partial charge in [0.25, 0.3) is 5.56 Å². The van der Waals surface area contributed by atoms with E-state index >= 15 is 0 Å². The van der Waals surface area contributed by atoms with Gasteiger partial charge in [-0.3, -0.25) is 19.0 Å². The van der Waals surface area contributed by atoms with Crippen molar-refractivity contribution in [2.45, 2.75) is 59.0 Å². The third kappa shape index (κ3) is 5.08. The molecule has 150 valence electrons. The number of hydrogen-bond acceptors (Lipinski definition) is 5. The molecule has 2 aromatic heterocycles. The van der Waals surface area contributed by atoms with E-state index in [9.17, 15) is 14.4 Å². The van der Waals surface area contributed by atoms with E-state index in [2.05, 4.69) is 5.32 Å². The SMILES string of the molecule is CC(C)(C)C(=O)/C=c1\s/c(=C\c2cccs2)c(=O)n1CC(=O)NC1CCCC1. The third-order valence-electron chi connectivity index (χ3n) is 4.77. The Labute approximate surface area is 172 Å². The highest BCUT2D eigenvalue weighted by Crippen LogP contribution is 2.17. The van der Waals surface area contributed by atoms with Gasteiger partial charge >= 0.3 is 0 Å². The van der Waals surface area contributed by atoms with Crippen molar-refractivity contribution in [3.8, 4) is 0 Å². The molecule has 28 heavy (non-hydrogen) atoms. The molecule has 1 amide bonds. The molecular weight excluding hydrogens is 392 g/mol. The lowest BCUT2D eigenvalue weighted by molar-refractivity contribution is -0.122. The number of nitrogens with zero attached hydrogens (tertiary/aromatic N) is 1.